The van der Waals surface area contributed by atoms with Gasteiger partial charge in [-0.3, -0.25) is 18.6 Å². The molecule has 316 valence electrons. The van der Waals surface area contributed by atoms with Crippen LogP contribution in [0.3, 0.4) is 0 Å². The van der Waals surface area contributed by atoms with Gasteiger partial charge in [-0.05, 0) is 19.3 Å². The minimum absolute atomic E-state index is 0.207. The van der Waals surface area contributed by atoms with E-state index in [1.54, 1.807) is 12.2 Å². The van der Waals surface area contributed by atoms with Gasteiger partial charge in [0.25, 0.3) is 0 Å². The molecular formula is C42H78NO10P. The van der Waals surface area contributed by atoms with Crippen LogP contribution < -0.4 is 5.73 Å². The van der Waals surface area contributed by atoms with Gasteiger partial charge in [-0.2, -0.15) is 0 Å². The van der Waals surface area contributed by atoms with E-state index in [4.69, 9.17) is 24.8 Å². The molecule has 0 saturated carbocycles. The fraction of sp³-hybridized carbons (Fsp3) is 0.833. The summed E-state index contributed by atoms with van der Waals surface area (Å²) in [5.41, 5.74) is 5.32. The highest BCUT2D eigenvalue weighted by Gasteiger charge is 2.27. The van der Waals surface area contributed by atoms with E-state index in [9.17, 15) is 23.8 Å². The van der Waals surface area contributed by atoms with Gasteiger partial charge in [-0.25, -0.2) is 9.36 Å². The second-order valence-electron chi connectivity index (χ2n) is 14.6. The molecule has 0 aromatic carbocycles. The fourth-order valence-electron chi connectivity index (χ4n) is 5.91. The third kappa shape index (κ3) is 36.9. The first-order valence-electron chi connectivity index (χ1n) is 21.4. The SMILES string of the molecule is CCCCCCCCCCCCC/C=C/C=C/C(=O)O[C@H](COC(=O)CCCCCCCCCCCCCCCCC)COP(=O)(O)OC[C@H](N)C(=O)O. The van der Waals surface area contributed by atoms with Crippen LogP contribution in [0.15, 0.2) is 24.3 Å². The van der Waals surface area contributed by atoms with Crippen molar-refractivity contribution in [2.75, 3.05) is 19.8 Å². The van der Waals surface area contributed by atoms with Crippen LogP contribution in [0.5, 0.6) is 0 Å². The van der Waals surface area contributed by atoms with Gasteiger partial charge < -0.3 is 25.2 Å². The molecule has 0 aliphatic carbocycles. The number of aliphatic carboxylic acids is 1. The van der Waals surface area contributed by atoms with Crippen molar-refractivity contribution in [2.45, 2.75) is 206 Å². The van der Waals surface area contributed by atoms with Gasteiger partial charge in [0.05, 0.1) is 13.2 Å². The summed E-state index contributed by atoms with van der Waals surface area (Å²) in [5, 5.41) is 8.87. The Labute approximate surface area is 328 Å². The maximum absolute atomic E-state index is 12.5. The summed E-state index contributed by atoms with van der Waals surface area (Å²) in [5.74, 6) is -2.63. The molecule has 0 aliphatic heterocycles. The van der Waals surface area contributed by atoms with Gasteiger partial charge in [0.1, 0.15) is 12.6 Å². The topological polar surface area (TPSA) is 172 Å². The number of allylic oxidation sites excluding steroid dienone is 3. The number of ether oxygens (including phenoxy) is 2. The lowest BCUT2D eigenvalue weighted by atomic mass is 10.0. The molecule has 0 spiro atoms. The van der Waals surface area contributed by atoms with Crippen molar-refractivity contribution in [1.82, 2.24) is 0 Å². The Morgan fingerprint density at radius 3 is 1.50 bits per heavy atom. The molecule has 0 heterocycles. The standard InChI is InChI=1S/C42H78NO10P/c1-3-5-7-9-11-13-15-17-19-21-23-25-27-29-31-33-40(44)50-35-38(36-51-54(48,49)52-37-39(43)42(46)47)53-41(45)34-32-30-28-26-24-22-20-18-16-14-12-10-8-6-4-2/h28,30,32,34,38-39H,3-27,29,31,33,35-37,43H2,1-2H3,(H,46,47)(H,48,49)/b30-28+,34-32+/t38-,39+/m1/s1. The molecule has 12 heteroatoms. The van der Waals surface area contributed by atoms with Crippen molar-refractivity contribution in [3.8, 4) is 0 Å². The Kier molecular flexibility index (Phi) is 36.4. The Hall–Kier alpha value is -2.04. The van der Waals surface area contributed by atoms with Gasteiger partial charge in [-0.15, -0.1) is 0 Å². The van der Waals surface area contributed by atoms with Gasteiger partial charge in [0, 0.05) is 12.5 Å². The monoisotopic (exact) mass is 788 g/mol. The molecule has 0 saturated heterocycles. The molecule has 0 fully saturated rings. The molecule has 0 amide bonds. The third-order valence-corrected chi connectivity index (χ3v) is 10.3. The molecule has 11 nitrogen and oxygen atoms in total. The van der Waals surface area contributed by atoms with E-state index >= 15 is 0 Å². The zero-order valence-corrected chi connectivity index (χ0v) is 35.0. The number of carboxylic acid groups (broad SMARTS) is 1. The summed E-state index contributed by atoms with van der Waals surface area (Å²) in [6.45, 7) is 2.70. The zero-order valence-electron chi connectivity index (χ0n) is 34.1. The maximum atomic E-state index is 12.5. The molecule has 0 aromatic heterocycles. The molecule has 0 aromatic rings. The Morgan fingerprint density at radius 2 is 1.04 bits per heavy atom. The number of nitrogens with two attached hydrogens (primary N) is 1. The molecule has 3 atom stereocenters. The molecule has 0 aliphatic rings. The number of unbranched alkanes of at least 4 members (excludes halogenated alkanes) is 25. The van der Waals surface area contributed by atoms with E-state index in [0.717, 1.165) is 32.1 Å². The predicted molar refractivity (Wildman–Crippen MR) is 217 cm³/mol. The highest BCUT2D eigenvalue weighted by molar-refractivity contribution is 7.47. The van der Waals surface area contributed by atoms with Crippen LogP contribution in [0.25, 0.3) is 0 Å². The largest absolute Gasteiger partial charge is 0.480 e. The summed E-state index contributed by atoms with van der Waals surface area (Å²) >= 11 is 0. The molecule has 0 radical (unpaired) electrons. The van der Waals surface area contributed by atoms with Gasteiger partial charge in [-0.1, -0.05) is 186 Å². The average Bonchev–Trinajstić information content (AvgIpc) is 3.14. The van der Waals surface area contributed by atoms with Crippen molar-refractivity contribution in [3.05, 3.63) is 24.3 Å². The second-order valence-corrected chi connectivity index (χ2v) is 16.0. The highest BCUT2D eigenvalue weighted by Crippen LogP contribution is 2.43. The smallest absolute Gasteiger partial charge is 0.472 e. The average molecular weight is 788 g/mol. The summed E-state index contributed by atoms with van der Waals surface area (Å²) in [6.07, 6.45) is 38.8. The zero-order chi connectivity index (χ0) is 40.0. The van der Waals surface area contributed by atoms with Crippen LogP contribution in [0.1, 0.15) is 194 Å². The lowest BCUT2D eigenvalue weighted by Gasteiger charge is -2.19. The van der Waals surface area contributed by atoms with Crippen molar-refractivity contribution < 1.29 is 47.5 Å². The first-order chi connectivity index (χ1) is 26.1. The van der Waals surface area contributed by atoms with E-state index in [1.807, 2.05) is 6.08 Å². The van der Waals surface area contributed by atoms with E-state index < -0.39 is 51.1 Å². The normalized spacial score (nSPS) is 14.0. The molecular weight excluding hydrogens is 709 g/mol. The summed E-state index contributed by atoms with van der Waals surface area (Å²) < 4.78 is 32.5. The number of phosphoric ester groups is 1. The number of carbonyl (C=O) groups excluding carboxylic acids is 2. The molecule has 1 unspecified atom stereocenters. The van der Waals surface area contributed by atoms with E-state index in [2.05, 4.69) is 18.4 Å². The van der Waals surface area contributed by atoms with Gasteiger partial charge in [0.2, 0.25) is 0 Å². The quantitative estimate of drug-likeness (QED) is 0.0177. The molecule has 4 N–H and O–H groups in total. The number of phosphoric acid groups is 1. The lowest BCUT2D eigenvalue weighted by molar-refractivity contribution is -0.157. The van der Waals surface area contributed by atoms with Crippen molar-refractivity contribution in [3.63, 3.8) is 0 Å². The first-order valence-corrected chi connectivity index (χ1v) is 22.9. The summed E-state index contributed by atoms with van der Waals surface area (Å²) in [6, 6.07) is -1.53. The van der Waals surface area contributed by atoms with Crippen LogP contribution in [0, 0.1) is 0 Å². The number of carboxylic acids is 1. The fourth-order valence-corrected chi connectivity index (χ4v) is 6.69. The minimum Gasteiger partial charge on any atom is -0.480 e. The number of rotatable bonds is 40. The molecule has 54 heavy (non-hydrogen) atoms. The summed E-state index contributed by atoms with van der Waals surface area (Å²) in [4.78, 5) is 45.7. The third-order valence-electron chi connectivity index (χ3n) is 9.31. The minimum atomic E-state index is -4.74. The Bertz CT molecular complexity index is 1020. The van der Waals surface area contributed by atoms with E-state index in [-0.39, 0.29) is 13.0 Å². The Morgan fingerprint density at radius 1 is 0.611 bits per heavy atom. The van der Waals surface area contributed by atoms with Crippen molar-refractivity contribution in [2.24, 2.45) is 5.73 Å². The number of hydrogen-bond donors (Lipinski definition) is 3. The van der Waals surface area contributed by atoms with Crippen LogP contribution in [-0.2, 0) is 37.5 Å². The van der Waals surface area contributed by atoms with Gasteiger partial charge >= 0.3 is 25.7 Å². The first kappa shape index (κ1) is 52.0. The van der Waals surface area contributed by atoms with E-state index in [0.29, 0.717) is 6.42 Å². The number of hydrogen-bond acceptors (Lipinski definition) is 9. The second kappa shape index (κ2) is 37.9. The van der Waals surface area contributed by atoms with Crippen molar-refractivity contribution in [1.29, 1.82) is 0 Å². The predicted octanol–water partition coefficient (Wildman–Crippen LogP) is 11.1. The van der Waals surface area contributed by atoms with Crippen LogP contribution in [0.4, 0.5) is 0 Å². The molecule has 0 bridgehead atoms. The molecule has 0 rings (SSSR count). The van der Waals surface area contributed by atoms with E-state index in [1.165, 1.54) is 141 Å². The maximum Gasteiger partial charge on any atom is 0.472 e. The van der Waals surface area contributed by atoms with Crippen LogP contribution in [0.2, 0.25) is 0 Å². The van der Waals surface area contributed by atoms with Gasteiger partial charge in [0.15, 0.2) is 6.10 Å². The number of esters is 2. The van der Waals surface area contributed by atoms with Crippen LogP contribution >= 0.6 is 7.82 Å². The van der Waals surface area contributed by atoms with Crippen LogP contribution in [-0.4, -0.2) is 59.9 Å². The Balaban J connectivity index is 4.45. The van der Waals surface area contributed by atoms with Crippen molar-refractivity contribution >= 4 is 25.7 Å². The lowest BCUT2D eigenvalue weighted by Crippen LogP contribution is -2.34. The number of carbonyl (C=O) groups is 3. The highest BCUT2D eigenvalue weighted by atomic mass is 31.2. The summed E-state index contributed by atoms with van der Waals surface area (Å²) in [7, 11) is -4.74.